The van der Waals surface area contributed by atoms with Crippen LogP contribution in [0.3, 0.4) is 0 Å². The summed E-state index contributed by atoms with van der Waals surface area (Å²) < 4.78 is 11.0. The van der Waals surface area contributed by atoms with E-state index in [1.54, 1.807) is 48.5 Å². The molecule has 1 saturated heterocycles. The van der Waals surface area contributed by atoms with Gasteiger partial charge >= 0.3 is 0 Å². The van der Waals surface area contributed by atoms with Crippen LogP contribution in [0.1, 0.15) is 23.7 Å². The first-order chi connectivity index (χ1) is 16.1. The summed E-state index contributed by atoms with van der Waals surface area (Å²) in [7, 11) is 0. The van der Waals surface area contributed by atoms with Gasteiger partial charge in [-0.15, -0.1) is 0 Å². The van der Waals surface area contributed by atoms with Crippen molar-refractivity contribution in [2.75, 3.05) is 18.1 Å². The summed E-state index contributed by atoms with van der Waals surface area (Å²) in [6.07, 6.45) is 5.50. The van der Waals surface area contributed by atoms with Crippen LogP contribution < -0.4 is 14.4 Å². The number of carbonyl (C=O) groups excluding carboxylic acids is 3. The number of benzene rings is 2. The fourth-order valence-corrected chi connectivity index (χ4v) is 6.04. The lowest BCUT2D eigenvalue weighted by atomic mass is 9.63. The molecule has 1 aliphatic heterocycles. The zero-order valence-corrected chi connectivity index (χ0v) is 18.3. The molecule has 2 bridgehead atoms. The van der Waals surface area contributed by atoms with Gasteiger partial charge < -0.3 is 9.47 Å². The Morgan fingerprint density at radius 2 is 1.39 bits per heavy atom. The van der Waals surface area contributed by atoms with Gasteiger partial charge in [-0.05, 0) is 85.5 Å². The molecule has 6 atom stereocenters. The largest absolute Gasteiger partial charge is 0.494 e. The van der Waals surface area contributed by atoms with Gasteiger partial charge in [0.2, 0.25) is 11.8 Å². The Balaban J connectivity index is 1.12. The minimum absolute atomic E-state index is 0.0750. The highest BCUT2D eigenvalue weighted by atomic mass is 16.5. The van der Waals surface area contributed by atoms with Gasteiger partial charge in [0, 0.05) is 5.56 Å². The van der Waals surface area contributed by atoms with Gasteiger partial charge in [0.25, 0.3) is 0 Å². The number of ketones is 1. The second kappa shape index (κ2) is 7.58. The van der Waals surface area contributed by atoms with E-state index < -0.39 is 0 Å². The van der Waals surface area contributed by atoms with E-state index in [0.717, 1.165) is 12.2 Å². The zero-order chi connectivity index (χ0) is 22.7. The number of ether oxygens (including phenoxy) is 2. The highest BCUT2D eigenvalue weighted by Gasteiger charge is 2.67. The first kappa shape index (κ1) is 20.2. The fourth-order valence-electron chi connectivity index (χ4n) is 6.04. The number of allylic oxidation sites excluding steroid dienone is 2. The van der Waals surface area contributed by atoms with Gasteiger partial charge in [0.1, 0.15) is 11.5 Å². The fraction of sp³-hybridized carbons (Fsp3) is 0.370. The number of amides is 2. The number of hydrogen-bond donors (Lipinski definition) is 0. The van der Waals surface area contributed by atoms with Gasteiger partial charge in [-0.2, -0.15) is 0 Å². The number of carbonyl (C=O) groups is 3. The number of nitrogens with zero attached hydrogens (tertiary/aromatic N) is 1. The van der Waals surface area contributed by atoms with Crippen molar-refractivity contribution in [3.63, 3.8) is 0 Å². The molecule has 0 radical (unpaired) electrons. The normalized spacial score (nSPS) is 30.8. The van der Waals surface area contributed by atoms with Crippen molar-refractivity contribution < 1.29 is 23.9 Å². The highest BCUT2D eigenvalue weighted by molar-refractivity contribution is 6.22. The van der Waals surface area contributed by atoms with E-state index in [-0.39, 0.29) is 47.9 Å². The molecule has 6 nitrogen and oxygen atoms in total. The summed E-state index contributed by atoms with van der Waals surface area (Å²) in [6, 6.07) is 13.8. The van der Waals surface area contributed by atoms with Crippen LogP contribution in [-0.4, -0.2) is 30.8 Å². The van der Waals surface area contributed by atoms with Crippen molar-refractivity contribution in [3.8, 4) is 11.5 Å². The van der Waals surface area contributed by atoms with Gasteiger partial charge in [0.15, 0.2) is 12.4 Å². The van der Waals surface area contributed by atoms with Crippen LogP contribution in [0.4, 0.5) is 5.69 Å². The Labute approximate surface area is 192 Å². The molecule has 2 aromatic carbocycles. The molecule has 1 heterocycles. The Morgan fingerprint density at radius 3 is 1.97 bits per heavy atom. The van der Waals surface area contributed by atoms with Crippen LogP contribution >= 0.6 is 0 Å². The van der Waals surface area contributed by atoms with E-state index in [1.165, 1.54) is 4.90 Å². The molecule has 0 aromatic heterocycles. The average Bonchev–Trinajstić information content (AvgIpc) is 3.62. The summed E-state index contributed by atoms with van der Waals surface area (Å²) in [5.41, 5.74) is 1.12. The molecule has 168 valence electrons. The van der Waals surface area contributed by atoms with Crippen LogP contribution in [-0.2, 0) is 9.59 Å². The minimum Gasteiger partial charge on any atom is -0.494 e. The molecule has 33 heavy (non-hydrogen) atoms. The molecule has 7 rings (SSSR count). The molecule has 2 amide bonds. The van der Waals surface area contributed by atoms with Crippen LogP contribution in [0.25, 0.3) is 0 Å². The summed E-state index contributed by atoms with van der Waals surface area (Å²) in [5.74, 6) is 2.11. The Bertz CT molecular complexity index is 1120. The predicted octanol–water partition coefficient (Wildman–Crippen LogP) is 3.90. The second-order valence-electron chi connectivity index (χ2n) is 9.33. The minimum atomic E-state index is -0.209. The molecule has 2 aromatic rings. The smallest absolute Gasteiger partial charge is 0.238 e. The highest BCUT2D eigenvalue weighted by Crippen LogP contribution is 2.65. The van der Waals surface area contributed by atoms with Gasteiger partial charge in [0.05, 0.1) is 24.1 Å². The second-order valence-corrected chi connectivity index (χ2v) is 9.33. The van der Waals surface area contributed by atoms with E-state index >= 15 is 0 Å². The maximum absolute atomic E-state index is 13.2. The Hall–Kier alpha value is -3.41. The van der Waals surface area contributed by atoms with Crippen molar-refractivity contribution in [2.24, 2.45) is 35.5 Å². The van der Waals surface area contributed by atoms with E-state index in [9.17, 15) is 14.4 Å². The molecule has 2 saturated carbocycles. The van der Waals surface area contributed by atoms with Crippen molar-refractivity contribution in [3.05, 3.63) is 66.2 Å². The summed E-state index contributed by atoms with van der Waals surface area (Å²) in [5, 5.41) is 0. The first-order valence-electron chi connectivity index (χ1n) is 11.6. The Morgan fingerprint density at radius 1 is 0.848 bits per heavy atom. The van der Waals surface area contributed by atoms with Crippen molar-refractivity contribution in [2.45, 2.75) is 13.3 Å². The van der Waals surface area contributed by atoms with Gasteiger partial charge in [-0.25, -0.2) is 0 Å². The molecular weight excluding hydrogens is 418 g/mol. The van der Waals surface area contributed by atoms with Crippen LogP contribution in [0.15, 0.2) is 60.7 Å². The molecule has 3 fully saturated rings. The Kier molecular flexibility index (Phi) is 4.64. The molecule has 5 aliphatic rings. The molecule has 2 unspecified atom stereocenters. The molecular formula is C27H25NO5. The number of imide groups is 1. The third-order valence-electron chi connectivity index (χ3n) is 7.61. The predicted molar refractivity (Wildman–Crippen MR) is 121 cm³/mol. The maximum atomic E-state index is 13.2. The third-order valence-corrected chi connectivity index (χ3v) is 7.61. The summed E-state index contributed by atoms with van der Waals surface area (Å²) in [6.45, 7) is 2.38. The van der Waals surface area contributed by atoms with Crippen molar-refractivity contribution in [1.82, 2.24) is 0 Å². The van der Waals surface area contributed by atoms with E-state index in [2.05, 4.69) is 12.2 Å². The average molecular weight is 443 g/mol. The van der Waals surface area contributed by atoms with Gasteiger partial charge in [-0.1, -0.05) is 12.2 Å². The standard InChI is InChI=1S/C27H25NO5/c1-2-32-17-7-3-15(4-8-17)23(29)14-33-18-9-5-16(6-10-18)28-26(30)24-19-11-12-20(22-13-21(19)22)25(24)27(28)31/h3-12,19-22,24-25H,2,13-14H2,1H3/t19-,20+,21?,22?,24-,25+. The lowest BCUT2D eigenvalue weighted by Crippen LogP contribution is -2.40. The number of rotatable bonds is 7. The third kappa shape index (κ3) is 3.19. The summed E-state index contributed by atoms with van der Waals surface area (Å²) in [4.78, 5) is 40.2. The zero-order valence-electron chi connectivity index (χ0n) is 18.3. The van der Waals surface area contributed by atoms with E-state index in [1.807, 2.05) is 6.92 Å². The molecule has 4 aliphatic carbocycles. The van der Waals surface area contributed by atoms with Crippen LogP contribution in [0.2, 0.25) is 0 Å². The van der Waals surface area contributed by atoms with E-state index in [0.29, 0.717) is 35.4 Å². The number of hydrogen-bond acceptors (Lipinski definition) is 5. The topological polar surface area (TPSA) is 72.9 Å². The van der Waals surface area contributed by atoms with Crippen molar-refractivity contribution in [1.29, 1.82) is 0 Å². The lowest BCUT2D eigenvalue weighted by molar-refractivity contribution is -0.124. The lowest BCUT2D eigenvalue weighted by Gasteiger charge is -2.37. The number of Topliss-reactive ketones (excluding diaryl/α,β-unsaturated/α-hetero) is 1. The van der Waals surface area contributed by atoms with E-state index in [4.69, 9.17) is 9.47 Å². The monoisotopic (exact) mass is 443 g/mol. The number of anilines is 1. The van der Waals surface area contributed by atoms with Crippen LogP contribution in [0, 0.1) is 35.5 Å². The quantitative estimate of drug-likeness (QED) is 0.369. The summed E-state index contributed by atoms with van der Waals surface area (Å²) >= 11 is 0. The molecule has 0 spiro atoms. The van der Waals surface area contributed by atoms with Gasteiger partial charge in [-0.3, -0.25) is 19.3 Å². The van der Waals surface area contributed by atoms with Crippen molar-refractivity contribution >= 4 is 23.3 Å². The first-order valence-corrected chi connectivity index (χ1v) is 11.6. The maximum Gasteiger partial charge on any atom is 0.238 e. The van der Waals surface area contributed by atoms with Crippen LogP contribution in [0.5, 0.6) is 11.5 Å². The molecule has 0 N–H and O–H groups in total. The SMILES string of the molecule is CCOc1ccc(C(=O)COc2ccc(N3C(=O)[C@@H]4[C@H](C3=O)[C@@H]3C=C[C@H]4C4CC43)cc2)cc1. The molecule has 6 heteroatoms.